The van der Waals surface area contributed by atoms with Crippen molar-refractivity contribution in [2.24, 2.45) is 0 Å². The molecule has 2 heterocycles. The van der Waals surface area contributed by atoms with E-state index in [4.69, 9.17) is 9.72 Å². The Kier molecular flexibility index (Phi) is 5.58. The standard InChI is InChI=1S/C21H29N3O2/c1-14-9-15(2)11-18(10-14)26-13-21(4,25)19-12-23-16(3)24-20(19)17-5-7-22-8-6-17/h9-12,17,22,25H,5-8,13H2,1-4H3. The van der Waals surface area contributed by atoms with Crippen LogP contribution in [-0.4, -0.2) is 34.8 Å². The van der Waals surface area contributed by atoms with Crippen LogP contribution >= 0.6 is 0 Å². The minimum absolute atomic E-state index is 0.167. The van der Waals surface area contributed by atoms with E-state index in [1.54, 1.807) is 13.1 Å². The Morgan fingerprint density at radius 2 is 1.81 bits per heavy atom. The van der Waals surface area contributed by atoms with E-state index in [1.165, 1.54) is 0 Å². The van der Waals surface area contributed by atoms with Gasteiger partial charge in [0.25, 0.3) is 0 Å². The molecule has 1 atom stereocenters. The number of aliphatic hydroxyl groups is 1. The smallest absolute Gasteiger partial charge is 0.125 e. The lowest BCUT2D eigenvalue weighted by molar-refractivity contribution is 0.00568. The molecule has 5 heteroatoms. The lowest BCUT2D eigenvalue weighted by atomic mass is 9.86. The van der Waals surface area contributed by atoms with E-state index in [0.717, 1.165) is 59.9 Å². The van der Waals surface area contributed by atoms with Gasteiger partial charge in [-0.2, -0.15) is 0 Å². The van der Waals surface area contributed by atoms with E-state index in [2.05, 4.69) is 16.4 Å². The first-order valence-corrected chi connectivity index (χ1v) is 9.33. The van der Waals surface area contributed by atoms with Crippen molar-refractivity contribution >= 4 is 0 Å². The fraction of sp³-hybridized carbons (Fsp3) is 0.524. The van der Waals surface area contributed by atoms with E-state index in [9.17, 15) is 5.11 Å². The van der Waals surface area contributed by atoms with Gasteiger partial charge in [-0.05, 0) is 76.9 Å². The van der Waals surface area contributed by atoms with Gasteiger partial charge in [0.1, 0.15) is 23.8 Å². The van der Waals surface area contributed by atoms with Gasteiger partial charge in [0.15, 0.2) is 0 Å². The Morgan fingerprint density at radius 1 is 1.15 bits per heavy atom. The normalized spacial score (nSPS) is 17.7. The summed E-state index contributed by atoms with van der Waals surface area (Å²) >= 11 is 0. The highest BCUT2D eigenvalue weighted by Gasteiger charge is 2.32. The van der Waals surface area contributed by atoms with Gasteiger partial charge < -0.3 is 15.2 Å². The summed E-state index contributed by atoms with van der Waals surface area (Å²) in [7, 11) is 0. The number of nitrogens with zero attached hydrogens (tertiary/aromatic N) is 2. The second-order valence-electron chi connectivity index (χ2n) is 7.63. The van der Waals surface area contributed by atoms with Crippen LogP contribution in [0.1, 0.15) is 53.9 Å². The second kappa shape index (κ2) is 7.72. The molecule has 140 valence electrons. The molecule has 1 aliphatic rings. The molecule has 5 nitrogen and oxygen atoms in total. The number of hydrogen-bond donors (Lipinski definition) is 2. The summed E-state index contributed by atoms with van der Waals surface area (Å²) in [5, 5.41) is 14.6. The van der Waals surface area contributed by atoms with E-state index in [-0.39, 0.29) is 6.61 Å². The van der Waals surface area contributed by atoms with Gasteiger partial charge in [0.05, 0.1) is 5.69 Å². The Labute approximate surface area is 155 Å². The summed E-state index contributed by atoms with van der Waals surface area (Å²) in [5.74, 6) is 1.87. The Bertz CT molecular complexity index is 748. The Hall–Kier alpha value is -1.98. The third-order valence-electron chi connectivity index (χ3n) is 4.96. The number of ether oxygens (including phenoxy) is 1. The summed E-state index contributed by atoms with van der Waals surface area (Å²) < 4.78 is 5.94. The highest BCUT2D eigenvalue weighted by Crippen LogP contribution is 2.33. The molecule has 0 amide bonds. The van der Waals surface area contributed by atoms with Crippen LogP contribution in [0.15, 0.2) is 24.4 Å². The van der Waals surface area contributed by atoms with E-state index in [1.807, 2.05) is 32.9 Å². The largest absolute Gasteiger partial charge is 0.490 e. The minimum Gasteiger partial charge on any atom is -0.490 e. The Morgan fingerprint density at radius 3 is 2.46 bits per heavy atom. The lowest BCUT2D eigenvalue weighted by Crippen LogP contribution is -2.34. The van der Waals surface area contributed by atoms with Crippen LogP contribution in [0.3, 0.4) is 0 Å². The molecular formula is C21H29N3O2. The zero-order valence-electron chi connectivity index (χ0n) is 16.2. The van der Waals surface area contributed by atoms with Crippen molar-refractivity contribution in [3.05, 3.63) is 52.6 Å². The molecule has 0 saturated carbocycles. The lowest BCUT2D eigenvalue weighted by Gasteiger charge is -2.30. The second-order valence-corrected chi connectivity index (χ2v) is 7.63. The van der Waals surface area contributed by atoms with Crippen LogP contribution in [0.2, 0.25) is 0 Å². The highest BCUT2D eigenvalue weighted by atomic mass is 16.5. The number of aromatic nitrogens is 2. The molecule has 3 rings (SSSR count). The van der Waals surface area contributed by atoms with Gasteiger partial charge in [-0.3, -0.25) is 0 Å². The summed E-state index contributed by atoms with van der Waals surface area (Å²) in [6.07, 6.45) is 3.82. The third kappa shape index (κ3) is 4.40. The Balaban J connectivity index is 1.83. The summed E-state index contributed by atoms with van der Waals surface area (Å²) in [6, 6.07) is 6.08. The number of aryl methyl sites for hydroxylation is 3. The van der Waals surface area contributed by atoms with E-state index in [0.29, 0.717) is 5.92 Å². The molecule has 1 saturated heterocycles. The summed E-state index contributed by atoms with van der Waals surface area (Å²) in [6.45, 7) is 9.90. The van der Waals surface area contributed by atoms with Gasteiger partial charge >= 0.3 is 0 Å². The molecule has 1 aromatic carbocycles. The number of nitrogens with one attached hydrogen (secondary N) is 1. The summed E-state index contributed by atoms with van der Waals surface area (Å²) in [5.41, 5.74) is 2.89. The maximum Gasteiger partial charge on any atom is 0.125 e. The monoisotopic (exact) mass is 355 g/mol. The van der Waals surface area contributed by atoms with Crippen LogP contribution in [0.5, 0.6) is 5.75 Å². The van der Waals surface area contributed by atoms with Gasteiger partial charge in [-0.25, -0.2) is 9.97 Å². The first-order valence-electron chi connectivity index (χ1n) is 9.33. The number of hydrogen-bond acceptors (Lipinski definition) is 5. The molecule has 1 aromatic heterocycles. The van der Waals surface area contributed by atoms with Crippen molar-refractivity contribution in [1.29, 1.82) is 0 Å². The van der Waals surface area contributed by atoms with E-state index >= 15 is 0 Å². The van der Waals surface area contributed by atoms with Crippen LogP contribution < -0.4 is 10.1 Å². The molecule has 2 aromatic rings. The molecule has 0 aliphatic carbocycles. The molecule has 1 fully saturated rings. The van der Waals surface area contributed by atoms with Crippen molar-refractivity contribution in [2.45, 2.75) is 52.1 Å². The van der Waals surface area contributed by atoms with Crippen LogP contribution in [0, 0.1) is 20.8 Å². The van der Waals surface area contributed by atoms with Crippen molar-refractivity contribution in [3.8, 4) is 5.75 Å². The van der Waals surface area contributed by atoms with Gasteiger partial charge in [0.2, 0.25) is 0 Å². The number of benzene rings is 1. The average Bonchev–Trinajstić information content (AvgIpc) is 2.60. The van der Waals surface area contributed by atoms with Gasteiger partial charge in [0, 0.05) is 17.7 Å². The van der Waals surface area contributed by atoms with E-state index < -0.39 is 5.60 Å². The fourth-order valence-electron chi connectivity index (χ4n) is 3.63. The van der Waals surface area contributed by atoms with Gasteiger partial charge in [-0.15, -0.1) is 0 Å². The number of rotatable bonds is 5. The summed E-state index contributed by atoms with van der Waals surface area (Å²) in [4.78, 5) is 9.03. The SMILES string of the molecule is Cc1cc(C)cc(OCC(C)(O)c2cnc(C)nc2C2CCNCC2)c1. The topological polar surface area (TPSA) is 67.3 Å². The molecular weight excluding hydrogens is 326 g/mol. The molecule has 0 spiro atoms. The maximum atomic E-state index is 11.2. The van der Waals surface area contributed by atoms with Crippen molar-refractivity contribution in [2.75, 3.05) is 19.7 Å². The van der Waals surface area contributed by atoms with Crippen molar-refractivity contribution < 1.29 is 9.84 Å². The van der Waals surface area contributed by atoms with Crippen molar-refractivity contribution in [1.82, 2.24) is 15.3 Å². The first kappa shape index (κ1) is 18.8. The minimum atomic E-state index is -1.15. The third-order valence-corrected chi connectivity index (χ3v) is 4.96. The zero-order valence-corrected chi connectivity index (χ0v) is 16.2. The maximum absolute atomic E-state index is 11.2. The predicted molar refractivity (Wildman–Crippen MR) is 103 cm³/mol. The van der Waals surface area contributed by atoms with Crippen molar-refractivity contribution in [3.63, 3.8) is 0 Å². The van der Waals surface area contributed by atoms with Crippen LogP contribution in [0.25, 0.3) is 0 Å². The quantitative estimate of drug-likeness (QED) is 0.862. The molecule has 1 unspecified atom stereocenters. The fourth-order valence-corrected chi connectivity index (χ4v) is 3.63. The predicted octanol–water partition coefficient (Wildman–Crippen LogP) is 3.16. The molecule has 26 heavy (non-hydrogen) atoms. The molecule has 0 bridgehead atoms. The molecule has 1 aliphatic heterocycles. The average molecular weight is 355 g/mol. The first-order chi connectivity index (χ1) is 12.3. The number of piperidine rings is 1. The van der Waals surface area contributed by atoms with Crippen LogP contribution in [0.4, 0.5) is 0 Å². The van der Waals surface area contributed by atoms with Crippen LogP contribution in [-0.2, 0) is 5.60 Å². The van der Waals surface area contributed by atoms with Gasteiger partial charge in [-0.1, -0.05) is 6.07 Å². The zero-order chi connectivity index (χ0) is 18.7. The highest BCUT2D eigenvalue weighted by molar-refractivity contribution is 5.34. The molecule has 0 radical (unpaired) electrons. The molecule has 2 N–H and O–H groups in total.